The predicted octanol–water partition coefficient (Wildman–Crippen LogP) is 4.28. The van der Waals surface area contributed by atoms with Gasteiger partial charge in [-0.25, -0.2) is 0 Å². The maximum Gasteiger partial charge on any atom is 0.272 e. The smallest absolute Gasteiger partial charge is 0.272 e. The van der Waals surface area contributed by atoms with Crippen LogP contribution in [0.2, 0.25) is 0 Å². The Morgan fingerprint density at radius 2 is 1.80 bits per heavy atom. The number of nitrogens with zero attached hydrogens (tertiary/aromatic N) is 4. The minimum atomic E-state index is -0.143. The van der Waals surface area contributed by atoms with Gasteiger partial charge in [-0.3, -0.25) is 24.5 Å². The second-order valence-corrected chi connectivity index (χ2v) is 8.91. The van der Waals surface area contributed by atoms with Crippen molar-refractivity contribution in [2.45, 2.75) is 32.2 Å². The zero-order valence-electron chi connectivity index (χ0n) is 19.6. The van der Waals surface area contributed by atoms with E-state index in [1.54, 1.807) is 18.6 Å². The fourth-order valence-corrected chi connectivity index (χ4v) is 4.58. The molecule has 0 saturated carbocycles. The molecule has 2 amide bonds. The topological polar surface area (TPSA) is 88.1 Å². The summed E-state index contributed by atoms with van der Waals surface area (Å²) >= 11 is 0. The Hall–Kier alpha value is -4.13. The third-order valence-corrected chi connectivity index (χ3v) is 6.50. The molecule has 5 rings (SSSR count). The van der Waals surface area contributed by atoms with Crippen LogP contribution in [-0.2, 0) is 6.54 Å². The Kier molecular flexibility index (Phi) is 6.48. The van der Waals surface area contributed by atoms with E-state index < -0.39 is 0 Å². The molecule has 1 fully saturated rings. The van der Waals surface area contributed by atoms with Crippen molar-refractivity contribution in [3.8, 4) is 0 Å². The van der Waals surface area contributed by atoms with Crippen LogP contribution >= 0.6 is 0 Å². The molecule has 1 saturated heterocycles. The quantitative estimate of drug-likeness (QED) is 0.475. The second kappa shape index (κ2) is 10.0. The molecule has 0 radical (unpaired) electrons. The predicted molar refractivity (Wildman–Crippen MR) is 134 cm³/mol. The first-order chi connectivity index (χ1) is 17.1. The minimum absolute atomic E-state index is 0.0548. The van der Waals surface area contributed by atoms with E-state index in [9.17, 15) is 9.59 Å². The number of benzene rings is 1. The molecule has 4 heterocycles. The summed E-state index contributed by atoms with van der Waals surface area (Å²) in [6, 6.07) is 17.3. The molecule has 0 atom stereocenters. The average molecular weight is 466 g/mol. The van der Waals surface area contributed by atoms with Gasteiger partial charge in [0, 0.05) is 55.2 Å². The van der Waals surface area contributed by atoms with Crippen LogP contribution in [0.1, 0.15) is 56.6 Å². The largest absolute Gasteiger partial charge is 0.348 e. The summed E-state index contributed by atoms with van der Waals surface area (Å²) in [6.07, 6.45) is 6.70. The van der Waals surface area contributed by atoms with Crippen molar-refractivity contribution in [1.82, 2.24) is 25.2 Å². The van der Waals surface area contributed by atoms with E-state index in [-0.39, 0.29) is 17.7 Å². The van der Waals surface area contributed by atoms with Gasteiger partial charge in [-0.1, -0.05) is 30.3 Å². The number of pyridine rings is 3. The molecule has 0 bridgehead atoms. The average Bonchev–Trinajstić information content (AvgIpc) is 2.91. The highest BCUT2D eigenvalue weighted by atomic mass is 16.2. The van der Waals surface area contributed by atoms with Crippen LogP contribution in [0.4, 0.5) is 0 Å². The summed E-state index contributed by atoms with van der Waals surface area (Å²) < 4.78 is 0. The van der Waals surface area contributed by atoms with E-state index in [0.717, 1.165) is 40.6 Å². The lowest BCUT2D eigenvalue weighted by atomic mass is 9.89. The van der Waals surface area contributed by atoms with Crippen LogP contribution in [-0.4, -0.2) is 44.8 Å². The van der Waals surface area contributed by atoms with Gasteiger partial charge in [0.05, 0.1) is 11.3 Å². The molecule has 1 N–H and O–H groups in total. The molecule has 0 spiro atoms. The number of carbonyl (C=O) groups excluding carboxylic acids is 2. The molecule has 7 nitrogen and oxygen atoms in total. The van der Waals surface area contributed by atoms with Crippen molar-refractivity contribution >= 4 is 22.6 Å². The van der Waals surface area contributed by atoms with Gasteiger partial charge < -0.3 is 10.2 Å². The van der Waals surface area contributed by atoms with Crippen molar-refractivity contribution in [3.63, 3.8) is 0 Å². The van der Waals surface area contributed by atoms with Crippen LogP contribution in [0.3, 0.4) is 0 Å². The van der Waals surface area contributed by atoms with Crippen LogP contribution in [0.25, 0.3) is 10.8 Å². The Bertz CT molecular complexity index is 1360. The van der Waals surface area contributed by atoms with Gasteiger partial charge in [-0.05, 0) is 55.0 Å². The maximum absolute atomic E-state index is 13.1. The summed E-state index contributed by atoms with van der Waals surface area (Å²) in [7, 11) is 0. The molecule has 4 aromatic rings. The number of aromatic nitrogens is 3. The van der Waals surface area contributed by atoms with Gasteiger partial charge in [-0.15, -0.1) is 0 Å². The van der Waals surface area contributed by atoms with Crippen LogP contribution in [0.5, 0.6) is 0 Å². The first kappa shape index (κ1) is 22.7. The lowest BCUT2D eigenvalue weighted by Crippen LogP contribution is -2.39. The lowest BCUT2D eigenvalue weighted by molar-refractivity contribution is 0.0704. The summed E-state index contributed by atoms with van der Waals surface area (Å²) in [6.45, 7) is 3.55. The SMILES string of the molecule is Cc1ccc(C(=O)NCc2cccnc2)c(C2CCN(C(=O)c3cc4ccccc4cn3)CC2)n1. The van der Waals surface area contributed by atoms with Gasteiger partial charge in [0.15, 0.2) is 0 Å². The number of piperidine rings is 1. The van der Waals surface area contributed by atoms with Gasteiger partial charge in [0.2, 0.25) is 0 Å². The highest BCUT2D eigenvalue weighted by molar-refractivity contribution is 5.97. The van der Waals surface area contributed by atoms with Gasteiger partial charge in [0.1, 0.15) is 5.69 Å². The van der Waals surface area contributed by atoms with E-state index in [1.165, 1.54) is 0 Å². The molecule has 1 aliphatic rings. The Morgan fingerprint density at radius 3 is 2.57 bits per heavy atom. The summed E-state index contributed by atoms with van der Waals surface area (Å²) in [5.41, 5.74) is 3.69. The van der Waals surface area contributed by atoms with E-state index in [0.29, 0.717) is 30.9 Å². The van der Waals surface area contributed by atoms with Gasteiger partial charge >= 0.3 is 0 Å². The zero-order chi connectivity index (χ0) is 24.2. The Labute approximate surface area is 204 Å². The Balaban J connectivity index is 1.27. The maximum atomic E-state index is 13.1. The van der Waals surface area contributed by atoms with Crippen LogP contribution in [0, 0.1) is 6.92 Å². The number of likely N-dealkylation sites (tertiary alicyclic amines) is 1. The number of nitrogens with one attached hydrogen (secondary N) is 1. The standard InChI is InChI=1S/C28H27N5O2/c1-19-8-9-24(27(34)31-17-20-5-4-12-29-16-20)26(32-19)21-10-13-33(14-11-21)28(35)25-15-22-6-2-3-7-23(22)18-30-25/h2-9,12,15-16,18,21H,10-11,13-14,17H2,1H3,(H,31,34). The molecular formula is C28H27N5O2. The van der Waals surface area contributed by atoms with E-state index in [4.69, 9.17) is 4.98 Å². The number of hydrogen-bond acceptors (Lipinski definition) is 5. The van der Waals surface area contributed by atoms with E-state index in [1.807, 2.05) is 66.4 Å². The van der Waals surface area contributed by atoms with Crippen molar-refractivity contribution in [3.05, 3.63) is 101 Å². The highest BCUT2D eigenvalue weighted by Crippen LogP contribution is 2.30. The highest BCUT2D eigenvalue weighted by Gasteiger charge is 2.29. The monoisotopic (exact) mass is 465 g/mol. The lowest BCUT2D eigenvalue weighted by Gasteiger charge is -2.32. The fourth-order valence-electron chi connectivity index (χ4n) is 4.58. The number of rotatable bonds is 5. The normalized spacial score (nSPS) is 14.1. The molecule has 0 unspecified atom stereocenters. The van der Waals surface area contributed by atoms with Crippen LogP contribution < -0.4 is 5.32 Å². The van der Waals surface area contributed by atoms with Crippen molar-refractivity contribution in [2.75, 3.05) is 13.1 Å². The number of hydrogen-bond donors (Lipinski definition) is 1. The van der Waals surface area contributed by atoms with Crippen LogP contribution in [0.15, 0.2) is 73.2 Å². The first-order valence-electron chi connectivity index (χ1n) is 11.9. The molecule has 176 valence electrons. The molecule has 35 heavy (non-hydrogen) atoms. The third kappa shape index (κ3) is 5.04. The van der Waals surface area contributed by atoms with Gasteiger partial charge in [0.25, 0.3) is 11.8 Å². The second-order valence-electron chi connectivity index (χ2n) is 8.91. The first-order valence-corrected chi connectivity index (χ1v) is 11.9. The number of aryl methyl sites for hydroxylation is 1. The van der Waals surface area contributed by atoms with Crippen molar-refractivity contribution in [1.29, 1.82) is 0 Å². The third-order valence-electron chi connectivity index (χ3n) is 6.50. The summed E-state index contributed by atoms with van der Waals surface area (Å²) in [4.78, 5) is 41.2. The molecule has 0 aliphatic carbocycles. The van der Waals surface area contributed by atoms with Gasteiger partial charge in [-0.2, -0.15) is 0 Å². The molecule has 3 aromatic heterocycles. The fraction of sp³-hybridized carbons (Fsp3) is 0.250. The zero-order valence-corrected chi connectivity index (χ0v) is 19.6. The van der Waals surface area contributed by atoms with E-state index >= 15 is 0 Å². The Morgan fingerprint density at radius 1 is 1.00 bits per heavy atom. The van der Waals surface area contributed by atoms with Crippen molar-refractivity contribution in [2.24, 2.45) is 0 Å². The number of amides is 2. The van der Waals surface area contributed by atoms with E-state index in [2.05, 4.69) is 15.3 Å². The number of carbonyl (C=O) groups is 2. The molecular weight excluding hydrogens is 438 g/mol. The molecule has 1 aliphatic heterocycles. The number of fused-ring (bicyclic) bond motifs is 1. The summed E-state index contributed by atoms with van der Waals surface area (Å²) in [5, 5.41) is 5.01. The van der Waals surface area contributed by atoms with Crippen molar-refractivity contribution < 1.29 is 9.59 Å². The minimum Gasteiger partial charge on any atom is -0.348 e. The molecule has 1 aromatic carbocycles. The molecule has 7 heteroatoms. The summed E-state index contributed by atoms with van der Waals surface area (Å²) in [5.74, 6) is -0.0845.